The first kappa shape index (κ1) is 13.7. The second kappa shape index (κ2) is 8.00. The Bertz CT molecular complexity index is 268. The Morgan fingerprint density at radius 2 is 1.87 bits per heavy atom. The summed E-state index contributed by atoms with van der Waals surface area (Å²) < 4.78 is 0. The predicted octanol–water partition coefficient (Wildman–Crippen LogP) is 1.93. The van der Waals surface area contributed by atoms with Crippen molar-refractivity contribution < 1.29 is 9.90 Å². The lowest BCUT2D eigenvalue weighted by molar-refractivity contribution is -0.134. The number of rotatable bonds is 3. The molecule has 0 bridgehead atoms. The van der Waals surface area contributed by atoms with Gasteiger partial charge in [0, 0.05) is 13.0 Å². The minimum Gasteiger partial charge on any atom is -0.481 e. The second-order valence-corrected chi connectivity index (χ2v) is 3.40. The molecule has 3 heteroatoms. The van der Waals surface area contributed by atoms with Crippen LogP contribution in [0.3, 0.4) is 0 Å². The molecule has 0 spiro atoms. The van der Waals surface area contributed by atoms with Gasteiger partial charge in [0.25, 0.3) is 5.97 Å². The van der Waals surface area contributed by atoms with E-state index < -0.39 is 5.97 Å². The lowest BCUT2D eigenvalue weighted by Crippen LogP contribution is -2.23. The minimum atomic E-state index is -0.833. The van der Waals surface area contributed by atoms with Crippen molar-refractivity contribution >= 4 is 5.97 Å². The van der Waals surface area contributed by atoms with E-state index in [0.717, 1.165) is 13.3 Å². The monoisotopic (exact) mass is 209 g/mol. The van der Waals surface area contributed by atoms with E-state index >= 15 is 0 Å². The van der Waals surface area contributed by atoms with E-state index in [9.17, 15) is 0 Å². The molecule has 0 aliphatic heterocycles. The van der Waals surface area contributed by atoms with Gasteiger partial charge in [0.15, 0.2) is 0 Å². The van der Waals surface area contributed by atoms with Gasteiger partial charge in [0.2, 0.25) is 0 Å². The Balaban J connectivity index is 0.000000423. The predicted molar refractivity (Wildman–Crippen MR) is 62.0 cm³/mol. The van der Waals surface area contributed by atoms with Crippen molar-refractivity contribution in [2.75, 3.05) is 7.05 Å². The standard InChI is InChI=1S/C10H15N.C2H4O2/c1-9(11-2)8-10-6-4-3-5-7-10;1-2(3)4/h3-7,9,11H,8H2,1-2H3;1H3,(H,3,4). The normalized spacial score (nSPS) is 11.1. The van der Waals surface area contributed by atoms with Crippen LogP contribution >= 0.6 is 0 Å². The summed E-state index contributed by atoms with van der Waals surface area (Å²) in [5.41, 5.74) is 1.40. The minimum absolute atomic E-state index is 0.567. The molecule has 0 amide bonds. The average molecular weight is 209 g/mol. The summed E-state index contributed by atoms with van der Waals surface area (Å²) in [4.78, 5) is 9.00. The number of nitrogens with one attached hydrogen (secondary N) is 1. The second-order valence-electron chi connectivity index (χ2n) is 3.40. The van der Waals surface area contributed by atoms with E-state index in [-0.39, 0.29) is 0 Å². The van der Waals surface area contributed by atoms with Gasteiger partial charge in [0.05, 0.1) is 0 Å². The molecule has 0 heterocycles. The average Bonchev–Trinajstić information content (AvgIpc) is 2.18. The Hall–Kier alpha value is -1.35. The molecule has 1 atom stereocenters. The number of carboxylic acid groups (broad SMARTS) is 1. The molecule has 0 fully saturated rings. The van der Waals surface area contributed by atoms with Crippen LogP contribution in [0.25, 0.3) is 0 Å². The fraction of sp³-hybridized carbons (Fsp3) is 0.417. The first-order chi connectivity index (χ1) is 7.06. The number of carboxylic acids is 1. The van der Waals surface area contributed by atoms with Gasteiger partial charge in [-0.15, -0.1) is 0 Å². The van der Waals surface area contributed by atoms with Gasteiger partial charge < -0.3 is 10.4 Å². The maximum atomic E-state index is 9.00. The lowest BCUT2D eigenvalue weighted by atomic mass is 10.1. The summed E-state index contributed by atoms with van der Waals surface area (Å²) in [7, 11) is 1.99. The summed E-state index contributed by atoms with van der Waals surface area (Å²) in [5.74, 6) is -0.833. The molecule has 1 aromatic carbocycles. The smallest absolute Gasteiger partial charge is 0.300 e. The highest BCUT2D eigenvalue weighted by molar-refractivity contribution is 5.62. The fourth-order valence-electron chi connectivity index (χ4n) is 1.07. The summed E-state index contributed by atoms with van der Waals surface area (Å²) >= 11 is 0. The molecule has 84 valence electrons. The van der Waals surface area contributed by atoms with Gasteiger partial charge in [-0.25, -0.2) is 0 Å². The first-order valence-corrected chi connectivity index (χ1v) is 4.97. The molecule has 1 unspecified atom stereocenters. The van der Waals surface area contributed by atoms with E-state index in [1.54, 1.807) is 0 Å². The van der Waals surface area contributed by atoms with E-state index in [2.05, 4.69) is 36.5 Å². The van der Waals surface area contributed by atoms with Crippen molar-refractivity contribution in [3.05, 3.63) is 35.9 Å². The van der Waals surface area contributed by atoms with Crippen molar-refractivity contribution in [2.24, 2.45) is 0 Å². The zero-order chi connectivity index (χ0) is 11.7. The number of hydrogen-bond acceptors (Lipinski definition) is 2. The number of benzene rings is 1. The fourth-order valence-corrected chi connectivity index (χ4v) is 1.07. The zero-order valence-electron chi connectivity index (χ0n) is 9.53. The number of carbonyl (C=O) groups is 1. The van der Waals surface area contributed by atoms with Gasteiger partial charge in [-0.2, -0.15) is 0 Å². The van der Waals surface area contributed by atoms with Crippen LogP contribution in [0, 0.1) is 0 Å². The summed E-state index contributed by atoms with van der Waals surface area (Å²) in [6.07, 6.45) is 1.11. The zero-order valence-corrected chi connectivity index (χ0v) is 9.53. The molecule has 15 heavy (non-hydrogen) atoms. The van der Waals surface area contributed by atoms with Crippen molar-refractivity contribution in [1.29, 1.82) is 0 Å². The molecular formula is C12H19NO2. The van der Waals surface area contributed by atoms with Gasteiger partial charge in [-0.05, 0) is 26.0 Å². The molecule has 0 radical (unpaired) electrons. The van der Waals surface area contributed by atoms with Crippen LogP contribution in [0.15, 0.2) is 30.3 Å². The Morgan fingerprint density at radius 1 is 1.40 bits per heavy atom. The topological polar surface area (TPSA) is 49.3 Å². The quantitative estimate of drug-likeness (QED) is 0.799. The van der Waals surface area contributed by atoms with E-state index in [1.165, 1.54) is 5.56 Å². The van der Waals surface area contributed by atoms with E-state index in [4.69, 9.17) is 9.90 Å². The largest absolute Gasteiger partial charge is 0.481 e. The van der Waals surface area contributed by atoms with Crippen LogP contribution < -0.4 is 5.32 Å². The third kappa shape index (κ3) is 8.97. The van der Waals surface area contributed by atoms with Crippen LogP contribution in [0.1, 0.15) is 19.4 Å². The Morgan fingerprint density at radius 3 is 2.27 bits per heavy atom. The van der Waals surface area contributed by atoms with Crippen LogP contribution in [0.4, 0.5) is 0 Å². The lowest BCUT2D eigenvalue weighted by Gasteiger charge is -2.08. The molecular weight excluding hydrogens is 190 g/mol. The van der Waals surface area contributed by atoms with Crippen LogP contribution in [0.5, 0.6) is 0 Å². The van der Waals surface area contributed by atoms with Crippen molar-refractivity contribution in [2.45, 2.75) is 26.3 Å². The van der Waals surface area contributed by atoms with Crippen LogP contribution in [-0.4, -0.2) is 24.2 Å². The highest BCUT2D eigenvalue weighted by Gasteiger charge is 1.97. The molecule has 0 aromatic heterocycles. The van der Waals surface area contributed by atoms with Crippen molar-refractivity contribution in [3.63, 3.8) is 0 Å². The summed E-state index contributed by atoms with van der Waals surface area (Å²) in [6, 6.07) is 11.1. The maximum absolute atomic E-state index is 9.00. The Kier molecular flexibility index (Phi) is 7.28. The van der Waals surface area contributed by atoms with E-state index in [1.807, 2.05) is 13.1 Å². The SMILES string of the molecule is CC(=O)O.CNC(C)Cc1ccccc1. The molecule has 2 N–H and O–H groups in total. The van der Waals surface area contributed by atoms with Gasteiger partial charge >= 0.3 is 0 Å². The summed E-state index contributed by atoms with van der Waals surface area (Å²) in [6.45, 7) is 3.27. The molecule has 0 aliphatic rings. The summed E-state index contributed by atoms with van der Waals surface area (Å²) in [5, 5.41) is 10.6. The molecule has 1 aromatic rings. The highest BCUT2D eigenvalue weighted by Crippen LogP contribution is 2.01. The maximum Gasteiger partial charge on any atom is 0.300 e. The highest BCUT2D eigenvalue weighted by atomic mass is 16.4. The van der Waals surface area contributed by atoms with Crippen molar-refractivity contribution in [1.82, 2.24) is 5.32 Å². The van der Waals surface area contributed by atoms with Gasteiger partial charge in [0.1, 0.15) is 0 Å². The Labute approximate surface area is 91.1 Å². The van der Waals surface area contributed by atoms with Gasteiger partial charge in [-0.1, -0.05) is 30.3 Å². The first-order valence-electron chi connectivity index (χ1n) is 4.97. The van der Waals surface area contributed by atoms with Crippen molar-refractivity contribution in [3.8, 4) is 0 Å². The third-order valence-corrected chi connectivity index (χ3v) is 1.88. The van der Waals surface area contributed by atoms with E-state index in [0.29, 0.717) is 6.04 Å². The number of aliphatic carboxylic acids is 1. The third-order valence-electron chi connectivity index (χ3n) is 1.88. The van der Waals surface area contributed by atoms with Crippen LogP contribution in [-0.2, 0) is 11.2 Å². The van der Waals surface area contributed by atoms with Crippen LogP contribution in [0.2, 0.25) is 0 Å². The van der Waals surface area contributed by atoms with Gasteiger partial charge in [-0.3, -0.25) is 4.79 Å². The molecule has 0 saturated carbocycles. The molecule has 0 aliphatic carbocycles. The number of hydrogen-bond donors (Lipinski definition) is 2. The number of likely N-dealkylation sites (N-methyl/N-ethyl adjacent to an activating group) is 1. The molecule has 0 saturated heterocycles. The molecule has 3 nitrogen and oxygen atoms in total. The molecule has 1 rings (SSSR count).